The van der Waals surface area contributed by atoms with Crippen LogP contribution in [-0.4, -0.2) is 21.3 Å². The molecule has 5 nitrogen and oxygen atoms in total. The van der Waals surface area contributed by atoms with E-state index < -0.39 is 16.6 Å². The van der Waals surface area contributed by atoms with E-state index in [9.17, 15) is 9.59 Å². The number of hydrogen-bond donors (Lipinski definition) is 0. The zero-order valence-corrected chi connectivity index (χ0v) is 32.8. The molecule has 0 radical (unpaired) electrons. The van der Waals surface area contributed by atoms with Crippen LogP contribution in [0.5, 0.6) is 0 Å². The van der Waals surface area contributed by atoms with E-state index in [0.717, 1.165) is 60.3 Å². The Kier molecular flexibility index (Phi) is 7.39. The molecule has 0 spiro atoms. The fourth-order valence-corrected chi connectivity index (χ4v) is 19.0. The predicted octanol–water partition coefficient (Wildman–Crippen LogP) is 11.1. The van der Waals surface area contributed by atoms with Gasteiger partial charge in [-0.1, -0.05) is 19.9 Å². The summed E-state index contributed by atoms with van der Waals surface area (Å²) in [5.74, 6) is 0. The zero-order valence-electron chi connectivity index (χ0n) is 28.3. The lowest BCUT2D eigenvalue weighted by atomic mass is 10.0. The number of rotatable bonds is 2. The molecule has 10 aromatic rings. The van der Waals surface area contributed by atoms with Gasteiger partial charge >= 0.3 is 11.3 Å². The minimum absolute atomic E-state index is 0.221. The van der Waals surface area contributed by atoms with Gasteiger partial charge in [0.25, 0.3) is 0 Å². The van der Waals surface area contributed by atoms with Crippen molar-refractivity contribution < 1.29 is 8.83 Å². The maximum atomic E-state index is 12.5. The summed E-state index contributed by atoms with van der Waals surface area (Å²) in [4.78, 5) is 30.3. The lowest BCUT2D eigenvalue weighted by Gasteiger charge is -2.13. The lowest BCUT2D eigenvalue weighted by Crippen LogP contribution is -2.08. The summed E-state index contributed by atoms with van der Waals surface area (Å²) in [6.07, 6.45) is 0. The van der Waals surface area contributed by atoms with Gasteiger partial charge in [0, 0.05) is 45.4 Å². The van der Waals surface area contributed by atoms with Gasteiger partial charge in [0.1, 0.15) is 19.2 Å². The second-order valence-corrected chi connectivity index (χ2v) is 23.1. The van der Waals surface area contributed by atoms with Crippen LogP contribution in [0.4, 0.5) is 0 Å². The summed E-state index contributed by atoms with van der Waals surface area (Å²) < 4.78 is 19.4. The fraction of sp³-hybridized carbons (Fsp3) is 0.150. The number of benzene rings is 4. The summed E-state index contributed by atoms with van der Waals surface area (Å²) in [5.41, 5.74) is 6.29. The molecule has 0 aliphatic heterocycles. The molecule has 0 fully saturated rings. The van der Waals surface area contributed by atoms with Crippen molar-refractivity contribution in [2.45, 2.75) is 41.5 Å². The van der Waals surface area contributed by atoms with E-state index in [-0.39, 0.29) is 11.3 Å². The molecule has 0 atom stereocenters. The van der Waals surface area contributed by atoms with Crippen LogP contribution >= 0.6 is 30.4 Å². The number of aromatic nitrogens is 1. The van der Waals surface area contributed by atoms with E-state index in [0.29, 0.717) is 11.0 Å². The largest absolute Gasteiger partial charge is 0.422 e. The third-order valence-corrected chi connectivity index (χ3v) is 20.4. The molecule has 0 saturated heterocycles. The average molecular weight is 740 g/mol. The molecular formula is C40H30NO4PS2Si2. The van der Waals surface area contributed by atoms with Crippen LogP contribution in [0.2, 0.25) is 0 Å². The highest BCUT2D eigenvalue weighted by atomic mass is 32.1. The third-order valence-electron chi connectivity index (χ3n) is 9.28. The van der Waals surface area contributed by atoms with E-state index >= 15 is 0 Å². The Morgan fingerprint density at radius 2 is 1.12 bits per heavy atom. The van der Waals surface area contributed by atoms with Gasteiger partial charge in [0.05, 0.1) is 16.3 Å². The first-order chi connectivity index (χ1) is 24.0. The SMILES string of the molecule is Cc1cc2n[si](-c3ccc(C)s3)c3cc(C)cc4oc(=O)c(c1)c2c43.Cc1cc2p[si](-c3ccc(C)s3)c3cc(C)cc4oc(=O)c(c1)c2c43. The van der Waals surface area contributed by atoms with Gasteiger partial charge in [-0.15, -0.1) is 22.7 Å². The molecule has 6 heterocycles. The maximum Gasteiger partial charge on any atom is 0.344 e. The molecule has 0 bridgehead atoms. The summed E-state index contributed by atoms with van der Waals surface area (Å²) in [6.45, 7) is 12.5. The second-order valence-electron chi connectivity index (χ2n) is 13.3. The first kappa shape index (κ1) is 31.7. The Balaban J connectivity index is 0.000000135. The van der Waals surface area contributed by atoms with Crippen LogP contribution in [0.15, 0.2) is 91.2 Å². The smallest absolute Gasteiger partial charge is 0.344 e. The minimum Gasteiger partial charge on any atom is -0.422 e. The Hall–Kier alpha value is -4.25. The van der Waals surface area contributed by atoms with Crippen molar-refractivity contribution in [2.75, 3.05) is 0 Å². The van der Waals surface area contributed by atoms with E-state index in [1.54, 1.807) is 0 Å². The van der Waals surface area contributed by atoms with E-state index in [1.807, 2.05) is 60.8 Å². The van der Waals surface area contributed by atoms with Crippen molar-refractivity contribution in [3.63, 3.8) is 0 Å². The third kappa shape index (κ3) is 5.06. The molecule has 50 heavy (non-hydrogen) atoms. The molecule has 244 valence electrons. The van der Waals surface area contributed by atoms with Crippen LogP contribution < -0.4 is 11.3 Å². The summed E-state index contributed by atoms with van der Waals surface area (Å²) >= 11 is 3.72. The van der Waals surface area contributed by atoms with Gasteiger partial charge in [-0.05, 0) is 134 Å². The molecule has 0 N–H and O–H groups in total. The molecule has 0 amide bonds. The molecular weight excluding hydrogens is 710 g/mol. The molecule has 10 rings (SSSR count). The highest BCUT2D eigenvalue weighted by Gasteiger charge is 2.21. The molecule has 4 aromatic carbocycles. The number of nitrogens with zero attached hydrogens (tertiary/aromatic N) is 1. The molecule has 0 aliphatic rings. The number of hydrogen-bond acceptors (Lipinski definition) is 7. The Morgan fingerprint density at radius 1 is 0.580 bits per heavy atom. The van der Waals surface area contributed by atoms with Crippen molar-refractivity contribution in [1.29, 1.82) is 0 Å². The van der Waals surface area contributed by atoms with Gasteiger partial charge < -0.3 is 8.83 Å². The molecule has 0 unspecified atom stereocenters. The number of thiophene rings is 2. The first-order valence-corrected chi connectivity index (χ1v) is 22.7. The topological polar surface area (TPSA) is 73.3 Å². The Labute approximate surface area is 299 Å². The second kappa shape index (κ2) is 11.7. The van der Waals surface area contributed by atoms with Crippen molar-refractivity contribution in [1.82, 2.24) is 4.64 Å². The van der Waals surface area contributed by atoms with Gasteiger partial charge in [-0.2, -0.15) is 0 Å². The molecule has 0 aliphatic carbocycles. The van der Waals surface area contributed by atoms with Crippen molar-refractivity contribution in [2.24, 2.45) is 0 Å². The predicted molar refractivity (Wildman–Crippen MR) is 216 cm³/mol. The van der Waals surface area contributed by atoms with Crippen LogP contribution in [0.3, 0.4) is 0 Å². The van der Waals surface area contributed by atoms with Crippen LogP contribution in [0, 0.1) is 41.5 Å². The number of aryl methyl sites for hydroxylation is 6. The molecule has 6 aromatic heterocycles. The Morgan fingerprint density at radius 3 is 1.74 bits per heavy atom. The van der Waals surface area contributed by atoms with Crippen LogP contribution in [0.1, 0.15) is 32.0 Å². The van der Waals surface area contributed by atoms with Crippen LogP contribution in [0.25, 0.3) is 73.1 Å². The quantitative estimate of drug-likeness (QED) is 0.100. The van der Waals surface area contributed by atoms with Gasteiger partial charge in [0.15, 0.2) is 0 Å². The van der Waals surface area contributed by atoms with Gasteiger partial charge in [-0.25, -0.2) is 9.59 Å². The minimum atomic E-state index is -1.28. The lowest BCUT2D eigenvalue weighted by molar-refractivity contribution is 0.569. The first-order valence-electron chi connectivity index (χ1n) is 16.4. The van der Waals surface area contributed by atoms with E-state index in [1.165, 1.54) is 41.6 Å². The van der Waals surface area contributed by atoms with E-state index in [4.69, 9.17) is 13.5 Å². The monoisotopic (exact) mass is 739 g/mol. The Bertz CT molecular complexity index is 2910. The van der Waals surface area contributed by atoms with Crippen molar-refractivity contribution >= 4 is 111 Å². The van der Waals surface area contributed by atoms with Crippen molar-refractivity contribution in [3.8, 4) is 9.00 Å². The summed E-state index contributed by atoms with van der Waals surface area (Å²) in [6, 6.07) is 25.6. The van der Waals surface area contributed by atoms with E-state index in [2.05, 4.69) is 76.2 Å². The standard InChI is InChI=1S/C20H15NO2SSi.C20H15O2PSSi/c1-10-6-13-18-14(7-10)21-25(17-5-4-12(3)24-17)16-9-11(2)8-15(19(16)18)23-20(13)22;1-10-6-13-18-15(8-10)23-25(17-5-4-12(3)24-17)16-9-11(2)7-14(19(16)18)22-20(13)21/h2*4-9H,1-3H3. The summed E-state index contributed by atoms with van der Waals surface area (Å²) in [5, 5.41) is 6.94. The maximum absolute atomic E-state index is 12.5. The average Bonchev–Trinajstić information content (AvgIpc) is 3.70. The fourth-order valence-electron chi connectivity index (χ4n) is 7.29. The highest BCUT2D eigenvalue weighted by Crippen LogP contribution is 2.41. The zero-order chi connectivity index (χ0) is 34.6. The van der Waals surface area contributed by atoms with Gasteiger partial charge in [-0.3, -0.25) is 4.64 Å². The normalized spacial score (nSPS) is 12.1. The molecule has 0 saturated carbocycles. The van der Waals surface area contributed by atoms with Gasteiger partial charge in [0.2, 0.25) is 8.57 Å². The van der Waals surface area contributed by atoms with Crippen LogP contribution in [-0.2, 0) is 0 Å². The van der Waals surface area contributed by atoms with Crippen molar-refractivity contribution in [3.05, 3.63) is 126 Å². The molecule has 10 heteroatoms. The summed E-state index contributed by atoms with van der Waals surface area (Å²) in [7, 11) is -0.873. The highest BCUT2D eigenvalue weighted by molar-refractivity contribution is 7.66.